The lowest BCUT2D eigenvalue weighted by Crippen LogP contribution is -2.35. The Labute approximate surface area is 126 Å². The van der Waals surface area contributed by atoms with Crippen LogP contribution in [0.5, 0.6) is 0 Å². The van der Waals surface area contributed by atoms with Crippen LogP contribution in [0.1, 0.15) is 50.5 Å². The summed E-state index contributed by atoms with van der Waals surface area (Å²) in [5.74, 6) is 0.174. The van der Waals surface area contributed by atoms with Crippen molar-refractivity contribution < 1.29 is 9.18 Å². The van der Waals surface area contributed by atoms with E-state index < -0.39 is 5.82 Å². The standard InChI is InChI=1S/C17H25FN2O/c1-12(2)8-9-20(15-5-6-15)11-13(3)17(21)16-7-4-14(18)10-19-16/h4,7,10,12-13,15H,5-6,8-9,11H2,1-3H3. The number of aromatic nitrogens is 1. The van der Waals surface area contributed by atoms with Gasteiger partial charge in [-0.1, -0.05) is 20.8 Å². The molecule has 0 bridgehead atoms. The number of nitrogens with zero attached hydrogens (tertiary/aromatic N) is 2. The Morgan fingerprint density at radius 3 is 2.62 bits per heavy atom. The largest absolute Gasteiger partial charge is 0.300 e. The van der Waals surface area contributed by atoms with Crippen LogP contribution in [0.25, 0.3) is 0 Å². The fourth-order valence-electron chi connectivity index (χ4n) is 2.50. The first-order valence-corrected chi connectivity index (χ1v) is 7.87. The summed E-state index contributed by atoms with van der Waals surface area (Å²) < 4.78 is 12.9. The fraction of sp³-hybridized carbons (Fsp3) is 0.647. The third-order valence-electron chi connectivity index (χ3n) is 3.99. The number of rotatable bonds is 8. The van der Waals surface area contributed by atoms with Crippen LogP contribution in [0.4, 0.5) is 4.39 Å². The maximum Gasteiger partial charge on any atom is 0.185 e. The summed E-state index contributed by atoms with van der Waals surface area (Å²) in [4.78, 5) is 18.7. The molecule has 116 valence electrons. The van der Waals surface area contributed by atoms with E-state index in [-0.39, 0.29) is 11.7 Å². The van der Waals surface area contributed by atoms with Gasteiger partial charge in [-0.05, 0) is 43.9 Å². The molecule has 0 aromatic carbocycles. The van der Waals surface area contributed by atoms with Gasteiger partial charge in [0.05, 0.1) is 6.20 Å². The maximum absolute atomic E-state index is 12.9. The summed E-state index contributed by atoms with van der Waals surface area (Å²) in [5, 5.41) is 0. The fourth-order valence-corrected chi connectivity index (χ4v) is 2.50. The van der Waals surface area contributed by atoms with Gasteiger partial charge in [0.25, 0.3) is 0 Å². The molecular formula is C17H25FN2O. The lowest BCUT2D eigenvalue weighted by molar-refractivity contribution is 0.0882. The van der Waals surface area contributed by atoms with E-state index in [4.69, 9.17) is 0 Å². The smallest absolute Gasteiger partial charge is 0.185 e. The predicted octanol–water partition coefficient (Wildman–Crippen LogP) is 3.55. The first kappa shape index (κ1) is 16.1. The van der Waals surface area contributed by atoms with Gasteiger partial charge in [-0.25, -0.2) is 4.39 Å². The van der Waals surface area contributed by atoms with E-state index in [1.165, 1.54) is 25.0 Å². The zero-order chi connectivity index (χ0) is 15.4. The Kier molecular flexibility index (Phi) is 5.45. The van der Waals surface area contributed by atoms with Gasteiger partial charge in [0.1, 0.15) is 11.5 Å². The summed E-state index contributed by atoms with van der Waals surface area (Å²) >= 11 is 0. The predicted molar refractivity (Wildman–Crippen MR) is 81.7 cm³/mol. The minimum atomic E-state index is -0.407. The second-order valence-electron chi connectivity index (χ2n) is 6.54. The van der Waals surface area contributed by atoms with Crippen molar-refractivity contribution in [2.24, 2.45) is 11.8 Å². The Hall–Kier alpha value is -1.29. The van der Waals surface area contributed by atoms with Gasteiger partial charge in [-0.15, -0.1) is 0 Å². The Morgan fingerprint density at radius 2 is 2.10 bits per heavy atom. The molecule has 3 nitrogen and oxygen atoms in total. The van der Waals surface area contributed by atoms with Crippen molar-refractivity contribution in [3.05, 3.63) is 29.8 Å². The number of hydrogen-bond acceptors (Lipinski definition) is 3. The topological polar surface area (TPSA) is 33.2 Å². The number of carbonyl (C=O) groups is 1. The number of halogens is 1. The van der Waals surface area contributed by atoms with Gasteiger partial charge in [0.15, 0.2) is 5.78 Å². The van der Waals surface area contributed by atoms with Crippen molar-refractivity contribution in [1.82, 2.24) is 9.88 Å². The van der Waals surface area contributed by atoms with E-state index in [0.717, 1.165) is 25.7 Å². The van der Waals surface area contributed by atoms with Crippen molar-refractivity contribution in [3.8, 4) is 0 Å². The van der Waals surface area contributed by atoms with Gasteiger partial charge in [-0.2, -0.15) is 0 Å². The Morgan fingerprint density at radius 1 is 1.38 bits per heavy atom. The van der Waals surface area contributed by atoms with Crippen molar-refractivity contribution in [3.63, 3.8) is 0 Å². The third-order valence-corrected chi connectivity index (χ3v) is 3.99. The average molecular weight is 292 g/mol. The molecule has 2 rings (SSSR count). The van der Waals surface area contributed by atoms with Crippen LogP contribution in [0.3, 0.4) is 0 Å². The minimum Gasteiger partial charge on any atom is -0.300 e. The van der Waals surface area contributed by atoms with Gasteiger partial charge in [0, 0.05) is 18.5 Å². The summed E-state index contributed by atoms with van der Waals surface area (Å²) in [6.07, 6.45) is 4.76. The molecule has 1 aliphatic carbocycles. The normalized spacial score (nSPS) is 16.5. The number of pyridine rings is 1. The molecular weight excluding hydrogens is 267 g/mol. The first-order valence-electron chi connectivity index (χ1n) is 7.87. The number of Topliss-reactive ketones (excluding diaryl/α,β-unsaturated/α-hetero) is 1. The average Bonchev–Trinajstić information content (AvgIpc) is 3.27. The summed E-state index contributed by atoms with van der Waals surface area (Å²) in [7, 11) is 0. The van der Waals surface area contributed by atoms with E-state index in [9.17, 15) is 9.18 Å². The molecule has 1 heterocycles. The molecule has 1 aromatic heterocycles. The highest BCUT2D eigenvalue weighted by Gasteiger charge is 2.31. The first-order chi connectivity index (χ1) is 9.97. The van der Waals surface area contributed by atoms with Gasteiger partial charge >= 0.3 is 0 Å². The van der Waals surface area contributed by atoms with Crippen molar-refractivity contribution in [2.75, 3.05) is 13.1 Å². The molecule has 1 saturated carbocycles. The van der Waals surface area contributed by atoms with E-state index >= 15 is 0 Å². The van der Waals surface area contributed by atoms with Crippen molar-refractivity contribution in [1.29, 1.82) is 0 Å². The molecule has 0 radical (unpaired) electrons. The lowest BCUT2D eigenvalue weighted by atomic mass is 10.0. The second kappa shape index (κ2) is 7.12. The zero-order valence-corrected chi connectivity index (χ0v) is 13.2. The van der Waals surface area contributed by atoms with Gasteiger partial charge < -0.3 is 0 Å². The molecule has 0 aliphatic heterocycles. The van der Waals surface area contributed by atoms with Crippen LogP contribution in [-0.4, -0.2) is 34.8 Å². The molecule has 21 heavy (non-hydrogen) atoms. The number of hydrogen-bond donors (Lipinski definition) is 0. The van der Waals surface area contributed by atoms with E-state index in [1.54, 1.807) is 0 Å². The molecule has 0 amide bonds. The SMILES string of the molecule is CC(C)CCN(CC(C)C(=O)c1ccc(F)cn1)C1CC1. The second-order valence-corrected chi connectivity index (χ2v) is 6.54. The number of carbonyl (C=O) groups excluding carboxylic acids is 1. The van der Waals surface area contributed by atoms with Crippen molar-refractivity contribution in [2.45, 2.75) is 46.1 Å². The van der Waals surface area contributed by atoms with Crippen LogP contribution in [-0.2, 0) is 0 Å². The molecule has 1 aromatic rings. The minimum absolute atomic E-state index is 0.00481. The van der Waals surface area contributed by atoms with Crippen molar-refractivity contribution >= 4 is 5.78 Å². The Bertz CT molecular complexity index is 468. The monoisotopic (exact) mass is 292 g/mol. The molecule has 1 aliphatic rings. The molecule has 1 fully saturated rings. The molecule has 0 N–H and O–H groups in total. The van der Waals surface area contributed by atoms with Crippen LogP contribution >= 0.6 is 0 Å². The highest BCUT2D eigenvalue weighted by Crippen LogP contribution is 2.28. The maximum atomic E-state index is 12.9. The van der Waals surface area contributed by atoms with Crippen LogP contribution in [0.2, 0.25) is 0 Å². The number of ketones is 1. The van der Waals surface area contributed by atoms with E-state index in [1.807, 2.05) is 6.92 Å². The molecule has 1 unspecified atom stereocenters. The summed E-state index contributed by atoms with van der Waals surface area (Å²) in [6.45, 7) is 8.22. The quantitative estimate of drug-likeness (QED) is 0.687. The highest BCUT2D eigenvalue weighted by atomic mass is 19.1. The zero-order valence-electron chi connectivity index (χ0n) is 13.2. The third kappa shape index (κ3) is 4.88. The summed E-state index contributed by atoms with van der Waals surface area (Å²) in [6, 6.07) is 3.42. The molecule has 0 spiro atoms. The van der Waals surface area contributed by atoms with E-state index in [2.05, 4.69) is 23.7 Å². The molecule has 0 saturated heterocycles. The highest BCUT2D eigenvalue weighted by molar-refractivity contribution is 5.95. The molecule has 1 atom stereocenters. The lowest BCUT2D eigenvalue weighted by Gasteiger charge is -2.25. The van der Waals surface area contributed by atoms with Crippen LogP contribution in [0.15, 0.2) is 18.3 Å². The summed E-state index contributed by atoms with van der Waals surface area (Å²) in [5.41, 5.74) is 0.364. The van der Waals surface area contributed by atoms with E-state index in [0.29, 0.717) is 17.7 Å². The van der Waals surface area contributed by atoms with Gasteiger partial charge in [0.2, 0.25) is 0 Å². The van der Waals surface area contributed by atoms with Gasteiger partial charge in [-0.3, -0.25) is 14.7 Å². The Balaban J connectivity index is 1.92. The molecule has 4 heteroatoms. The van der Waals surface area contributed by atoms with Crippen LogP contribution < -0.4 is 0 Å². The van der Waals surface area contributed by atoms with Crippen LogP contribution in [0, 0.1) is 17.7 Å².